The molecular weight excluding hydrogens is 432 g/mol. The molecule has 1 aliphatic heterocycles. The molecule has 1 saturated heterocycles. The average molecular weight is 450 g/mol. The third kappa shape index (κ3) is 4.32. The van der Waals surface area contributed by atoms with Crippen LogP contribution in [0.15, 0.2) is 54.9 Å². The number of aromatic amines is 1. The van der Waals surface area contributed by atoms with Gasteiger partial charge in [-0.2, -0.15) is 5.10 Å². The van der Waals surface area contributed by atoms with Crippen LogP contribution in [0.5, 0.6) is 0 Å². The van der Waals surface area contributed by atoms with Gasteiger partial charge in [0.1, 0.15) is 5.82 Å². The zero-order valence-corrected chi connectivity index (χ0v) is 17.5. The Morgan fingerprint density at radius 3 is 2.78 bits per heavy atom. The second-order valence-electron chi connectivity index (χ2n) is 6.84. The van der Waals surface area contributed by atoms with Crippen LogP contribution in [-0.4, -0.2) is 50.1 Å². The molecule has 4 aromatic rings. The molecule has 3 N–H and O–H groups in total. The number of amides is 2. The van der Waals surface area contributed by atoms with E-state index in [2.05, 4.69) is 25.5 Å². The number of carboxylic acid groups (broad SMARTS) is 1. The van der Waals surface area contributed by atoms with Crippen molar-refractivity contribution in [3.63, 3.8) is 0 Å². The summed E-state index contributed by atoms with van der Waals surface area (Å²) < 4.78 is 1.01. The number of nitrogens with one attached hydrogen (secondary N) is 2. The molecule has 1 atom stereocenters. The van der Waals surface area contributed by atoms with Gasteiger partial charge < -0.3 is 10.4 Å². The van der Waals surface area contributed by atoms with Gasteiger partial charge in [-0.15, -0.1) is 0 Å². The summed E-state index contributed by atoms with van der Waals surface area (Å²) >= 11 is 1.45. The zero-order chi connectivity index (χ0) is 22.5. The Hall–Kier alpha value is -4.12. The number of carbonyl (C=O) groups is 3. The summed E-state index contributed by atoms with van der Waals surface area (Å²) in [6, 6.07) is 13.3. The van der Waals surface area contributed by atoms with E-state index in [1.54, 1.807) is 17.3 Å². The summed E-state index contributed by atoms with van der Waals surface area (Å²) in [7, 11) is 0. The average Bonchev–Trinajstić information content (AvgIpc) is 3.52. The molecule has 5 rings (SSSR count). The van der Waals surface area contributed by atoms with E-state index >= 15 is 0 Å². The lowest BCUT2D eigenvalue weighted by molar-refractivity contribution is -0.123. The Labute approximate surface area is 185 Å². The van der Waals surface area contributed by atoms with E-state index < -0.39 is 5.92 Å². The molecular formula is C21H18N6O4S. The van der Waals surface area contributed by atoms with Gasteiger partial charge in [0.25, 0.3) is 6.47 Å². The maximum absolute atomic E-state index is 12.8. The van der Waals surface area contributed by atoms with Crippen LogP contribution in [-0.2, 0) is 14.4 Å². The maximum Gasteiger partial charge on any atom is 0.290 e. The summed E-state index contributed by atoms with van der Waals surface area (Å²) in [6.45, 7) is 0.0531. The standard InChI is InChI=1S/C20H16N6O2S.CH2O2/c27-17-9-12(11-26(17)20-23-15-6-1-2-7-16(15)29-20)19(28)24-18-13(10-22-25-18)14-5-3-4-8-21-14;2-1-3/h1-8,10,12H,9,11H2,(H2,22,24,25,28);1H,(H,2,3). The number of rotatable bonds is 4. The van der Waals surface area contributed by atoms with E-state index in [1.807, 2.05) is 42.5 Å². The van der Waals surface area contributed by atoms with E-state index in [-0.39, 0.29) is 24.7 Å². The number of para-hydroxylation sites is 1. The van der Waals surface area contributed by atoms with Gasteiger partial charge in [0.05, 0.1) is 33.6 Å². The predicted octanol–water partition coefficient (Wildman–Crippen LogP) is 2.77. The van der Waals surface area contributed by atoms with Crippen molar-refractivity contribution in [1.29, 1.82) is 0 Å². The maximum atomic E-state index is 12.8. The lowest BCUT2D eigenvalue weighted by atomic mass is 10.1. The second kappa shape index (κ2) is 9.35. The largest absolute Gasteiger partial charge is 0.483 e. The van der Waals surface area contributed by atoms with Crippen molar-refractivity contribution in [2.45, 2.75) is 6.42 Å². The Kier molecular flexibility index (Phi) is 6.17. The molecule has 0 radical (unpaired) electrons. The molecule has 10 nitrogen and oxygen atoms in total. The van der Waals surface area contributed by atoms with Crippen LogP contribution in [0.2, 0.25) is 0 Å². The Bertz CT molecular complexity index is 1220. The summed E-state index contributed by atoms with van der Waals surface area (Å²) in [5.41, 5.74) is 2.26. The molecule has 4 heterocycles. The number of nitrogens with zero attached hydrogens (tertiary/aromatic N) is 4. The molecule has 0 spiro atoms. The van der Waals surface area contributed by atoms with E-state index in [0.717, 1.165) is 10.2 Å². The first-order valence-electron chi connectivity index (χ1n) is 9.60. The quantitative estimate of drug-likeness (QED) is 0.406. The molecule has 3 aromatic heterocycles. The number of hydrogen-bond acceptors (Lipinski definition) is 7. The van der Waals surface area contributed by atoms with Gasteiger partial charge in [0.15, 0.2) is 5.13 Å². The fraction of sp³-hybridized carbons (Fsp3) is 0.143. The first-order chi connectivity index (χ1) is 15.6. The van der Waals surface area contributed by atoms with Crippen LogP contribution >= 0.6 is 11.3 Å². The first kappa shape index (κ1) is 21.1. The molecule has 1 fully saturated rings. The summed E-state index contributed by atoms with van der Waals surface area (Å²) in [6.07, 6.45) is 3.44. The molecule has 1 aromatic carbocycles. The minimum absolute atomic E-state index is 0.0984. The number of anilines is 2. The van der Waals surface area contributed by atoms with E-state index in [0.29, 0.717) is 28.8 Å². The van der Waals surface area contributed by atoms with Gasteiger partial charge in [-0.05, 0) is 24.3 Å². The number of benzene rings is 1. The third-order valence-corrected chi connectivity index (χ3v) is 5.90. The van der Waals surface area contributed by atoms with Gasteiger partial charge in [-0.3, -0.25) is 29.4 Å². The summed E-state index contributed by atoms with van der Waals surface area (Å²) in [5, 5.41) is 17.2. The number of hydrogen-bond donors (Lipinski definition) is 3. The monoisotopic (exact) mass is 450 g/mol. The highest BCUT2D eigenvalue weighted by atomic mass is 32.1. The van der Waals surface area contributed by atoms with Crippen molar-refractivity contribution in [1.82, 2.24) is 20.2 Å². The smallest absolute Gasteiger partial charge is 0.290 e. The molecule has 2 amide bonds. The molecule has 0 bridgehead atoms. The molecule has 162 valence electrons. The number of carbonyl (C=O) groups excluding carboxylic acids is 2. The minimum Gasteiger partial charge on any atom is -0.483 e. The summed E-state index contributed by atoms with van der Waals surface area (Å²) in [4.78, 5) is 44.1. The second-order valence-corrected chi connectivity index (χ2v) is 7.85. The molecule has 1 unspecified atom stereocenters. The topological polar surface area (TPSA) is 141 Å². The van der Waals surface area contributed by atoms with Gasteiger partial charge >= 0.3 is 0 Å². The van der Waals surface area contributed by atoms with Gasteiger partial charge in [0, 0.05) is 19.2 Å². The minimum atomic E-state index is -0.464. The number of aromatic nitrogens is 4. The highest BCUT2D eigenvalue weighted by Gasteiger charge is 2.37. The molecule has 32 heavy (non-hydrogen) atoms. The number of fused-ring (bicyclic) bond motifs is 1. The van der Waals surface area contributed by atoms with E-state index in [9.17, 15) is 9.59 Å². The fourth-order valence-corrected chi connectivity index (χ4v) is 4.36. The van der Waals surface area contributed by atoms with Gasteiger partial charge in [0.2, 0.25) is 11.8 Å². The zero-order valence-electron chi connectivity index (χ0n) is 16.6. The van der Waals surface area contributed by atoms with Crippen molar-refractivity contribution >= 4 is 50.8 Å². The Morgan fingerprint density at radius 1 is 1.25 bits per heavy atom. The van der Waals surface area contributed by atoms with Crippen LogP contribution in [0, 0.1) is 5.92 Å². The van der Waals surface area contributed by atoms with Crippen molar-refractivity contribution in [3.8, 4) is 11.3 Å². The normalized spacial score (nSPS) is 15.3. The van der Waals surface area contributed by atoms with Gasteiger partial charge in [-0.25, -0.2) is 4.98 Å². The van der Waals surface area contributed by atoms with Crippen LogP contribution in [0.1, 0.15) is 6.42 Å². The van der Waals surface area contributed by atoms with Crippen LogP contribution in [0.4, 0.5) is 10.9 Å². The number of thiazole rings is 1. The predicted molar refractivity (Wildman–Crippen MR) is 119 cm³/mol. The summed E-state index contributed by atoms with van der Waals surface area (Å²) in [5.74, 6) is -0.323. The molecule has 0 aliphatic carbocycles. The lowest BCUT2D eigenvalue weighted by Crippen LogP contribution is -2.28. The van der Waals surface area contributed by atoms with Crippen molar-refractivity contribution in [3.05, 3.63) is 54.9 Å². The van der Waals surface area contributed by atoms with Gasteiger partial charge in [-0.1, -0.05) is 29.5 Å². The lowest BCUT2D eigenvalue weighted by Gasteiger charge is -2.13. The Morgan fingerprint density at radius 2 is 2.03 bits per heavy atom. The number of H-pyrrole nitrogens is 1. The first-order valence-corrected chi connectivity index (χ1v) is 10.4. The Balaban J connectivity index is 0.000000775. The van der Waals surface area contributed by atoms with Crippen LogP contribution in [0.3, 0.4) is 0 Å². The van der Waals surface area contributed by atoms with Crippen molar-refractivity contribution in [2.24, 2.45) is 5.92 Å². The van der Waals surface area contributed by atoms with Crippen LogP contribution < -0.4 is 10.2 Å². The van der Waals surface area contributed by atoms with Crippen molar-refractivity contribution < 1.29 is 19.5 Å². The van der Waals surface area contributed by atoms with Crippen molar-refractivity contribution in [2.75, 3.05) is 16.8 Å². The highest BCUT2D eigenvalue weighted by molar-refractivity contribution is 7.22. The SMILES string of the molecule is O=C(Nc1[nH]ncc1-c1ccccn1)C1CC(=O)N(c2nc3ccccc3s2)C1.O=CO. The van der Waals surface area contributed by atoms with E-state index in [1.165, 1.54) is 11.3 Å². The highest BCUT2D eigenvalue weighted by Crippen LogP contribution is 2.33. The fourth-order valence-electron chi connectivity index (χ4n) is 3.37. The van der Waals surface area contributed by atoms with E-state index in [4.69, 9.17) is 9.90 Å². The third-order valence-electron chi connectivity index (χ3n) is 4.84. The molecule has 0 saturated carbocycles. The molecule has 1 aliphatic rings. The molecule has 11 heteroatoms. The number of pyridine rings is 1. The van der Waals surface area contributed by atoms with Crippen LogP contribution in [0.25, 0.3) is 21.5 Å².